The Morgan fingerprint density at radius 1 is 0.962 bits per heavy atom. The van der Waals surface area contributed by atoms with Crippen LogP contribution in [0.3, 0.4) is 0 Å². The van der Waals surface area contributed by atoms with E-state index in [1.54, 1.807) is 0 Å². The SMILES string of the molecule is Cc1nc(N2CCCCC2)c2[nH]c(-c3cc(F)cc(F)c3)c(C)c2n1.Cl. The Hall–Kier alpha value is -2.21. The van der Waals surface area contributed by atoms with Crippen LogP contribution in [0.2, 0.25) is 0 Å². The van der Waals surface area contributed by atoms with Crippen LogP contribution >= 0.6 is 12.4 Å². The van der Waals surface area contributed by atoms with E-state index in [1.807, 2.05) is 13.8 Å². The fraction of sp³-hybridized carbons (Fsp3) is 0.368. The minimum Gasteiger partial charge on any atom is -0.355 e. The number of rotatable bonds is 2. The second-order valence-electron chi connectivity index (χ2n) is 6.65. The third kappa shape index (κ3) is 3.26. The number of anilines is 1. The first-order valence-corrected chi connectivity index (χ1v) is 8.61. The van der Waals surface area contributed by atoms with E-state index in [4.69, 9.17) is 0 Å². The maximum atomic E-state index is 13.6. The van der Waals surface area contributed by atoms with Crippen LogP contribution in [0, 0.1) is 25.5 Å². The molecule has 4 nitrogen and oxygen atoms in total. The van der Waals surface area contributed by atoms with Gasteiger partial charge in [0.2, 0.25) is 0 Å². The van der Waals surface area contributed by atoms with Gasteiger partial charge >= 0.3 is 0 Å². The van der Waals surface area contributed by atoms with Crippen molar-refractivity contribution < 1.29 is 8.78 Å². The average Bonchev–Trinajstić information content (AvgIpc) is 2.91. The summed E-state index contributed by atoms with van der Waals surface area (Å²) in [5, 5.41) is 0. The first kappa shape index (κ1) is 18.6. The lowest BCUT2D eigenvalue weighted by Crippen LogP contribution is -2.30. The molecule has 0 amide bonds. The highest BCUT2D eigenvalue weighted by molar-refractivity contribution is 5.94. The number of piperidine rings is 1. The van der Waals surface area contributed by atoms with Gasteiger partial charge in [0.1, 0.15) is 23.0 Å². The van der Waals surface area contributed by atoms with Crippen molar-refractivity contribution in [1.29, 1.82) is 0 Å². The number of halogens is 3. The van der Waals surface area contributed by atoms with Crippen LogP contribution in [0.25, 0.3) is 22.3 Å². The quantitative estimate of drug-likeness (QED) is 0.687. The number of hydrogen-bond acceptors (Lipinski definition) is 3. The zero-order valence-corrected chi connectivity index (χ0v) is 15.6. The molecule has 7 heteroatoms. The Bertz CT molecular complexity index is 928. The molecular weight excluding hydrogens is 358 g/mol. The molecule has 1 saturated heterocycles. The average molecular weight is 379 g/mol. The minimum atomic E-state index is -0.591. The molecule has 1 fully saturated rings. The number of nitrogens with zero attached hydrogens (tertiary/aromatic N) is 3. The molecule has 1 aliphatic rings. The van der Waals surface area contributed by atoms with Gasteiger partial charge in [-0.2, -0.15) is 0 Å². The van der Waals surface area contributed by atoms with E-state index >= 15 is 0 Å². The van der Waals surface area contributed by atoms with Crippen molar-refractivity contribution >= 4 is 29.3 Å². The predicted molar refractivity (Wildman–Crippen MR) is 102 cm³/mol. The van der Waals surface area contributed by atoms with Gasteiger partial charge in [0.25, 0.3) is 0 Å². The van der Waals surface area contributed by atoms with Gasteiger partial charge in [-0.1, -0.05) is 0 Å². The van der Waals surface area contributed by atoms with Gasteiger partial charge in [0.15, 0.2) is 5.82 Å². The number of H-pyrrole nitrogens is 1. The Balaban J connectivity index is 0.00000196. The normalized spacial score (nSPS) is 14.5. The van der Waals surface area contributed by atoms with Crippen molar-refractivity contribution in [3.05, 3.63) is 41.2 Å². The lowest BCUT2D eigenvalue weighted by atomic mass is 10.1. The molecule has 0 atom stereocenters. The topological polar surface area (TPSA) is 44.8 Å². The van der Waals surface area contributed by atoms with Crippen molar-refractivity contribution in [1.82, 2.24) is 15.0 Å². The molecular formula is C19H21ClF2N4. The molecule has 0 spiro atoms. The Morgan fingerprint density at radius 2 is 1.62 bits per heavy atom. The summed E-state index contributed by atoms with van der Waals surface area (Å²) in [6.45, 7) is 5.73. The van der Waals surface area contributed by atoms with E-state index in [2.05, 4.69) is 19.9 Å². The second kappa shape index (κ2) is 7.19. The monoisotopic (exact) mass is 378 g/mol. The summed E-state index contributed by atoms with van der Waals surface area (Å²) in [6.07, 6.45) is 3.53. The third-order valence-corrected chi connectivity index (χ3v) is 4.79. The molecule has 3 aromatic rings. The maximum absolute atomic E-state index is 13.6. The van der Waals surface area contributed by atoms with Crippen LogP contribution < -0.4 is 4.90 Å². The molecule has 0 radical (unpaired) electrons. The summed E-state index contributed by atoms with van der Waals surface area (Å²) in [5.74, 6) is 0.402. The van der Waals surface area contributed by atoms with Crippen LogP contribution in [0.5, 0.6) is 0 Å². The van der Waals surface area contributed by atoms with Crippen LogP contribution in [0.1, 0.15) is 30.7 Å². The fourth-order valence-corrected chi connectivity index (χ4v) is 3.60. The van der Waals surface area contributed by atoms with Gasteiger partial charge in [0.05, 0.1) is 11.2 Å². The maximum Gasteiger partial charge on any atom is 0.156 e. The summed E-state index contributed by atoms with van der Waals surface area (Å²) in [6, 6.07) is 3.55. The van der Waals surface area contributed by atoms with Crippen LogP contribution in [-0.2, 0) is 0 Å². The molecule has 3 heterocycles. The highest BCUT2D eigenvalue weighted by Gasteiger charge is 2.21. The third-order valence-electron chi connectivity index (χ3n) is 4.79. The van der Waals surface area contributed by atoms with Crippen molar-refractivity contribution in [3.63, 3.8) is 0 Å². The number of fused-ring (bicyclic) bond motifs is 1. The molecule has 0 bridgehead atoms. The predicted octanol–water partition coefficient (Wildman–Crippen LogP) is 4.93. The van der Waals surface area contributed by atoms with Crippen LogP contribution in [0.15, 0.2) is 18.2 Å². The first-order valence-electron chi connectivity index (χ1n) is 8.61. The standard InChI is InChI=1S/C19H20F2N4.ClH/c1-11-16(13-8-14(20)10-15(21)9-13)24-18-17(11)22-12(2)23-19(18)25-6-4-3-5-7-25;/h8-10,24H,3-7H2,1-2H3;1H. The fourth-order valence-electron chi connectivity index (χ4n) is 3.60. The molecule has 1 aliphatic heterocycles. The van der Waals surface area contributed by atoms with Crippen molar-refractivity contribution in [2.45, 2.75) is 33.1 Å². The molecule has 4 rings (SSSR count). The van der Waals surface area contributed by atoms with Gasteiger partial charge in [-0.3, -0.25) is 0 Å². The van der Waals surface area contributed by atoms with Gasteiger partial charge in [-0.15, -0.1) is 12.4 Å². The smallest absolute Gasteiger partial charge is 0.156 e. The lowest BCUT2D eigenvalue weighted by Gasteiger charge is -2.28. The van der Waals surface area contributed by atoms with Gasteiger partial charge in [-0.25, -0.2) is 18.7 Å². The molecule has 0 unspecified atom stereocenters. The first-order chi connectivity index (χ1) is 12.0. The Labute approximate surface area is 157 Å². The molecule has 0 aliphatic carbocycles. The highest BCUT2D eigenvalue weighted by atomic mass is 35.5. The summed E-state index contributed by atoms with van der Waals surface area (Å²) in [4.78, 5) is 14.8. The number of aromatic nitrogens is 3. The minimum absolute atomic E-state index is 0. The molecule has 26 heavy (non-hydrogen) atoms. The second-order valence-corrected chi connectivity index (χ2v) is 6.65. The number of hydrogen-bond donors (Lipinski definition) is 1. The zero-order valence-electron chi connectivity index (χ0n) is 14.8. The van der Waals surface area contributed by atoms with Crippen molar-refractivity contribution in [3.8, 4) is 11.3 Å². The molecule has 1 N–H and O–H groups in total. The highest BCUT2D eigenvalue weighted by Crippen LogP contribution is 2.34. The Morgan fingerprint density at radius 3 is 2.27 bits per heavy atom. The van der Waals surface area contributed by atoms with Gasteiger partial charge < -0.3 is 9.88 Å². The van der Waals surface area contributed by atoms with E-state index in [0.717, 1.165) is 54.4 Å². The molecule has 138 valence electrons. The number of nitrogens with one attached hydrogen (secondary N) is 1. The largest absolute Gasteiger partial charge is 0.355 e. The van der Waals surface area contributed by atoms with Crippen molar-refractivity contribution in [2.75, 3.05) is 18.0 Å². The molecule has 2 aromatic heterocycles. The molecule has 0 saturated carbocycles. The summed E-state index contributed by atoms with van der Waals surface area (Å²) in [5.41, 5.74) is 3.70. The van der Waals surface area contributed by atoms with E-state index in [1.165, 1.54) is 18.6 Å². The van der Waals surface area contributed by atoms with E-state index in [0.29, 0.717) is 17.1 Å². The Kier molecular flexibility index (Phi) is 5.14. The van der Waals surface area contributed by atoms with E-state index in [-0.39, 0.29) is 12.4 Å². The summed E-state index contributed by atoms with van der Waals surface area (Å²) in [7, 11) is 0. The van der Waals surface area contributed by atoms with Crippen LogP contribution in [0.4, 0.5) is 14.6 Å². The van der Waals surface area contributed by atoms with E-state index < -0.39 is 11.6 Å². The van der Waals surface area contributed by atoms with Gasteiger partial charge in [-0.05, 0) is 45.2 Å². The van der Waals surface area contributed by atoms with E-state index in [9.17, 15) is 8.78 Å². The number of benzene rings is 1. The molecule has 1 aromatic carbocycles. The van der Waals surface area contributed by atoms with Crippen molar-refractivity contribution in [2.24, 2.45) is 0 Å². The van der Waals surface area contributed by atoms with Gasteiger partial charge in [0, 0.05) is 30.3 Å². The lowest BCUT2D eigenvalue weighted by molar-refractivity contribution is 0.574. The number of aryl methyl sites for hydroxylation is 2. The zero-order chi connectivity index (χ0) is 17.6. The summed E-state index contributed by atoms with van der Waals surface area (Å²) >= 11 is 0. The number of aromatic amines is 1. The van der Waals surface area contributed by atoms with Crippen LogP contribution in [-0.4, -0.2) is 28.0 Å². The summed E-state index contributed by atoms with van der Waals surface area (Å²) < 4.78 is 27.3.